The molecule has 2 aliphatic heterocycles. The molecule has 23 heavy (non-hydrogen) atoms. The first kappa shape index (κ1) is 13.8. The van der Waals surface area contributed by atoms with Gasteiger partial charge in [0.2, 0.25) is 0 Å². The number of piperazine rings is 1. The molecule has 2 atom stereocenters. The van der Waals surface area contributed by atoms with Gasteiger partial charge in [-0.15, -0.1) is 0 Å². The van der Waals surface area contributed by atoms with E-state index in [0.29, 0.717) is 12.1 Å². The second-order valence-electron chi connectivity index (χ2n) is 7.14. The van der Waals surface area contributed by atoms with Crippen LogP contribution in [0.15, 0.2) is 36.5 Å². The lowest BCUT2D eigenvalue weighted by molar-refractivity contribution is -0.0603. The monoisotopic (exact) mass is 309 g/mol. The Balaban J connectivity index is 1.42. The standard InChI is InChI=1S/C19H23N3O/c1-2-4-17-14(3-1)7-8-20-19(17)21-9-10-22-16(11-21)12-23-13-18(22)15-5-6-15/h1-4,7-8,15-16,18H,5-6,9-13H2/t16-,18-/m1/s1. The van der Waals surface area contributed by atoms with Crippen LogP contribution in [0.2, 0.25) is 0 Å². The summed E-state index contributed by atoms with van der Waals surface area (Å²) in [5, 5.41) is 2.54. The van der Waals surface area contributed by atoms with Crippen molar-refractivity contribution in [1.82, 2.24) is 9.88 Å². The molecule has 5 rings (SSSR count). The molecule has 2 aromatic rings. The van der Waals surface area contributed by atoms with Gasteiger partial charge in [0.1, 0.15) is 5.82 Å². The lowest BCUT2D eigenvalue weighted by atomic mass is 10.0. The van der Waals surface area contributed by atoms with Crippen molar-refractivity contribution in [2.45, 2.75) is 24.9 Å². The van der Waals surface area contributed by atoms with E-state index in [-0.39, 0.29) is 0 Å². The van der Waals surface area contributed by atoms with Gasteiger partial charge in [0.05, 0.1) is 19.3 Å². The first-order valence-corrected chi connectivity index (χ1v) is 8.82. The van der Waals surface area contributed by atoms with E-state index in [4.69, 9.17) is 9.72 Å². The van der Waals surface area contributed by atoms with Crippen molar-refractivity contribution >= 4 is 16.6 Å². The maximum atomic E-state index is 5.94. The molecular weight excluding hydrogens is 286 g/mol. The lowest BCUT2D eigenvalue weighted by Gasteiger charge is -2.48. The number of fused-ring (bicyclic) bond motifs is 2. The number of benzene rings is 1. The fourth-order valence-electron chi connectivity index (χ4n) is 4.31. The molecule has 0 spiro atoms. The topological polar surface area (TPSA) is 28.6 Å². The Morgan fingerprint density at radius 2 is 1.96 bits per heavy atom. The van der Waals surface area contributed by atoms with Crippen LogP contribution >= 0.6 is 0 Å². The Morgan fingerprint density at radius 1 is 1.04 bits per heavy atom. The Labute approximate surface area is 137 Å². The van der Waals surface area contributed by atoms with Gasteiger partial charge in [0, 0.05) is 37.3 Å². The molecule has 1 saturated carbocycles. The third kappa shape index (κ3) is 2.41. The number of hydrogen-bond donors (Lipinski definition) is 0. The number of rotatable bonds is 2. The molecule has 1 aromatic heterocycles. The maximum absolute atomic E-state index is 5.94. The van der Waals surface area contributed by atoms with Crippen LogP contribution in [0.4, 0.5) is 5.82 Å². The maximum Gasteiger partial charge on any atom is 0.136 e. The van der Waals surface area contributed by atoms with Gasteiger partial charge in [0.25, 0.3) is 0 Å². The molecule has 4 heteroatoms. The predicted molar refractivity (Wildman–Crippen MR) is 91.8 cm³/mol. The number of aromatic nitrogens is 1. The molecule has 2 saturated heterocycles. The number of pyridine rings is 1. The molecule has 0 bridgehead atoms. The van der Waals surface area contributed by atoms with Crippen LogP contribution in [-0.2, 0) is 4.74 Å². The summed E-state index contributed by atoms with van der Waals surface area (Å²) in [7, 11) is 0. The lowest BCUT2D eigenvalue weighted by Crippen LogP contribution is -2.62. The van der Waals surface area contributed by atoms with Crippen molar-refractivity contribution in [3.8, 4) is 0 Å². The van der Waals surface area contributed by atoms with Crippen LogP contribution in [-0.4, -0.2) is 54.8 Å². The van der Waals surface area contributed by atoms with E-state index >= 15 is 0 Å². The molecule has 0 N–H and O–H groups in total. The molecule has 4 nitrogen and oxygen atoms in total. The number of ether oxygens (including phenoxy) is 1. The molecule has 120 valence electrons. The van der Waals surface area contributed by atoms with Crippen LogP contribution in [0.1, 0.15) is 12.8 Å². The van der Waals surface area contributed by atoms with Gasteiger partial charge < -0.3 is 9.64 Å². The fraction of sp³-hybridized carbons (Fsp3) is 0.526. The van der Waals surface area contributed by atoms with Gasteiger partial charge in [0.15, 0.2) is 0 Å². The molecule has 0 amide bonds. The molecule has 1 aromatic carbocycles. The van der Waals surface area contributed by atoms with Gasteiger partial charge in [-0.1, -0.05) is 24.3 Å². The summed E-state index contributed by atoms with van der Waals surface area (Å²) in [5.41, 5.74) is 0. The third-order valence-corrected chi connectivity index (χ3v) is 5.67. The Morgan fingerprint density at radius 3 is 2.87 bits per heavy atom. The number of morpholine rings is 1. The van der Waals surface area contributed by atoms with Crippen LogP contribution in [0.3, 0.4) is 0 Å². The van der Waals surface area contributed by atoms with Crippen molar-refractivity contribution in [2.75, 3.05) is 37.7 Å². The van der Waals surface area contributed by atoms with Crippen molar-refractivity contribution in [2.24, 2.45) is 5.92 Å². The SMILES string of the molecule is c1ccc2c(N3CCN4[C@@H](COC[C@@H]4C4CC4)C3)nccc2c1. The quantitative estimate of drug-likeness (QED) is 0.852. The summed E-state index contributed by atoms with van der Waals surface area (Å²) in [6.07, 6.45) is 4.73. The van der Waals surface area contributed by atoms with Crippen molar-refractivity contribution < 1.29 is 4.74 Å². The minimum Gasteiger partial charge on any atom is -0.378 e. The summed E-state index contributed by atoms with van der Waals surface area (Å²) in [4.78, 5) is 9.89. The fourth-order valence-corrected chi connectivity index (χ4v) is 4.31. The predicted octanol–water partition coefficient (Wildman–Crippen LogP) is 2.53. The van der Waals surface area contributed by atoms with E-state index in [1.165, 1.54) is 23.6 Å². The van der Waals surface area contributed by atoms with Gasteiger partial charge in [-0.3, -0.25) is 4.90 Å². The zero-order valence-corrected chi connectivity index (χ0v) is 13.4. The van der Waals surface area contributed by atoms with E-state index in [1.807, 2.05) is 6.20 Å². The van der Waals surface area contributed by atoms with Crippen molar-refractivity contribution in [1.29, 1.82) is 0 Å². The molecule has 3 heterocycles. The second-order valence-corrected chi connectivity index (χ2v) is 7.14. The van der Waals surface area contributed by atoms with Crippen molar-refractivity contribution in [3.05, 3.63) is 36.5 Å². The smallest absolute Gasteiger partial charge is 0.136 e. The first-order chi connectivity index (χ1) is 11.4. The average Bonchev–Trinajstić information content (AvgIpc) is 3.45. The van der Waals surface area contributed by atoms with Crippen LogP contribution in [0.25, 0.3) is 10.8 Å². The summed E-state index contributed by atoms with van der Waals surface area (Å²) in [6, 6.07) is 11.8. The largest absolute Gasteiger partial charge is 0.378 e. The van der Waals surface area contributed by atoms with E-state index in [9.17, 15) is 0 Å². The van der Waals surface area contributed by atoms with Gasteiger partial charge >= 0.3 is 0 Å². The minimum absolute atomic E-state index is 0.517. The second kappa shape index (κ2) is 5.46. The normalized spacial score (nSPS) is 28.8. The summed E-state index contributed by atoms with van der Waals surface area (Å²) >= 11 is 0. The zero-order chi connectivity index (χ0) is 15.2. The highest BCUT2D eigenvalue weighted by molar-refractivity contribution is 5.92. The molecule has 1 aliphatic carbocycles. The first-order valence-electron chi connectivity index (χ1n) is 8.82. The number of anilines is 1. The van der Waals surface area contributed by atoms with Crippen molar-refractivity contribution in [3.63, 3.8) is 0 Å². The van der Waals surface area contributed by atoms with E-state index < -0.39 is 0 Å². The molecule has 0 unspecified atom stereocenters. The molecular formula is C19H23N3O. The highest BCUT2D eigenvalue weighted by atomic mass is 16.5. The summed E-state index contributed by atoms with van der Waals surface area (Å²) < 4.78 is 5.94. The molecule has 3 aliphatic rings. The van der Waals surface area contributed by atoms with Crippen LogP contribution < -0.4 is 4.90 Å². The van der Waals surface area contributed by atoms with Crippen LogP contribution in [0.5, 0.6) is 0 Å². The van der Waals surface area contributed by atoms with Gasteiger partial charge in [-0.05, 0) is 30.2 Å². The summed E-state index contributed by atoms with van der Waals surface area (Å²) in [5.74, 6) is 2.02. The number of hydrogen-bond acceptors (Lipinski definition) is 4. The van der Waals surface area contributed by atoms with E-state index in [1.54, 1.807) is 0 Å². The minimum atomic E-state index is 0.517. The van der Waals surface area contributed by atoms with E-state index in [0.717, 1.165) is 44.6 Å². The molecule has 0 radical (unpaired) electrons. The molecule has 3 fully saturated rings. The van der Waals surface area contributed by atoms with Gasteiger partial charge in [-0.25, -0.2) is 4.98 Å². The third-order valence-electron chi connectivity index (χ3n) is 5.67. The van der Waals surface area contributed by atoms with Gasteiger partial charge in [-0.2, -0.15) is 0 Å². The van der Waals surface area contributed by atoms with E-state index in [2.05, 4.69) is 40.1 Å². The number of nitrogens with zero attached hydrogens (tertiary/aromatic N) is 3. The van der Waals surface area contributed by atoms with Crippen LogP contribution in [0, 0.1) is 5.92 Å². The zero-order valence-electron chi connectivity index (χ0n) is 13.4. The highest BCUT2D eigenvalue weighted by Crippen LogP contribution is 2.38. The summed E-state index contributed by atoms with van der Waals surface area (Å²) in [6.45, 7) is 5.04. The Bertz CT molecular complexity index is 709. The Hall–Kier alpha value is -1.65. The highest BCUT2D eigenvalue weighted by Gasteiger charge is 2.43. The average molecular weight is 309 g/mol. The Kier molecular flexibility index (Phi) is 3.27.